The van der Waals surface area contributed by atoms with Crippen LogP contribution in [0.2, 0.25) is 0 Å². The van der Waals surface area contributed by atoms with Crippen LogP contribution in [0.1, 0.15) is 0 Å². The fourth-order valence-electron chi connectivity index (χ4n) is 2.07. The molecule has 0 saturated carbocycles. The van der Waals surface area contributed by atoms with E-state index in [1.165, 1.54) is 17.5 Å². The molecule has 1 saturated heterocycles. The average Bonchev–Trinajstić information content (AvgIpc) is 3.24. The fraction of sp³-hybridized carbons (Fsp3) is 0.538. The Morgan fingerprint density at radius 1 is 1.42 bits per heavy atom. The predicted molar refractivity (Wildman–Crippen MR) is 85.8 cm³/mol. The summed E-state index contributed by atoms with van der Waals surface area (Å²) in [6, 6.07) is 3.16. The predicted octanol–water partition coefficient (Wildman–Crippen LogP) is -1.03. The summed E-state index contributed by atoms with van der Waals surface area (Å²) in [5.74, 6) is -1.66. The topological polar surface area (TPSA) is 114 Å². The molecule has 24 heavy (non-hydrogen) atoms. The molecule has 1 aromatic heterocycles. The number of ether oxygens (including phenoxy) is 2. The number of rotatable bonds is 7. The molecular formula is C13H19N3O6S2. The van der Waals surface area contributed by atoms with Crippen LogP contribution in [0.3, 0.4) is 0 Å². The SMILES string of the molecule is COCCNC(=O)C(=O)NC[C@H]1OCCN1S(=O)(=O)c1cccs1. The van der Waals surface area contributed by atoms with Crippen LogP contribution >= 0.6 is 11.3 Å². The average molecular weight is 377 g/mol. The molecule has 2 rings (SSSR count). The van der Waals surface area contributed by atoms with Crippen LogP contribution in [0.5, 0.6) is 0 Å². The second-order valence-electron chi connectivity index (χ2n) is 4.83. The van der Waals surface area contributed by atoms with Gasteiger partial charge in [0.1, 0.15) is 10.4 Å². The van der Waals surface area contributed by atoms with E-state index in [0.29, 0.717) is 0 Å². The summed E-state index contributed by atoms with van der Waals surface area (Å²) < 4.78 is 36.5. The third-order valence-electron chi connectivity index (χ3n) is 3.24. The third-order valence-corrected chi connectivity index (χ3v) is 6.50. The van der Waals surface area contributed by atoms with Crippen molar-refractivity contribution in [3.8, 4) is 0 Å². The van der Waals surface area contributed by atoms with Gasteiger partial charge in [-0.2, -0.15) is 4.31 Å². The molecule has 0 spiro atoms. The van der Waals surface area contributed by atoms with Crippen LogP contribution < -0.4 is 10.6 Å². The number of hydrogen-bond acceptors (Lipinski definition) is 7. The lowest BCUT2D eigenvalue weighted by Gasteiger charge is -2.22. The van der Waals surface area contributed by atoms with E-state index in [-0.39, 0.29) is 37.1 Å². The van der Waals surface area contributed by atoms with Gasteiger partial charge in [-0.3, -0.25) is 9.59 Å². The zero-order valence-corrected chi connectivity index (χ0v) is 14.7. The highest BCUT2D eigenvalue weighted by Crippen LogP contribution is 2.25. The Morgan fingerprint density at radius 2 is 2.17 bits per heavy atom. The van der Waals surface area contributed by atoms with Gasteiger partial charge >= 0.3 is 11.8 Å². The molecule has 0 aliphatic carbocycles. The molecule has 2 N–H and O–H groups in total. The second kappa shape index (κ2) is 8.53. The molecule has 2 amide bonds. The highest BCUT2D eigenvalue weighted by molar-refractivity contribution is 7.91. The van der Waals surface area contributed by atoms with Gasteiger partial charge in [-0.05, 0) is 11.4 Å². The largest absolute Gasteiger partial charge is 0.383 e. The summed E-state index contributed by atoms with van der Waals surface area (Å²) in [5.41, 5.74) is 0. The first-order valence-corrected chi connectivity index (χ1v) is 9.50. The van der Waals surface area contributed by atoms with Gasteiger partial charge in [0.2, 0.25) is 0 Å². The van der Waals surface area contributed by atoms with E-state index in [1.807, 2.05) is 0 Å². The highest BCUT2D eigenvalue weighted by Gasteiger charge is 2.37. The van der Waals surface area contributed by atoms with Crippen molar-refractivity contribution in [1.29, 1.82) is 0 Å². The molecule has 0 unspecified atom stereocenters. The Labute approximate surface area is 144 Å². The second-order valence-corrected chi connectivity index (χ2v) is 7.90. The van der Waals surface area contributed by atoms with Crippen molar-refractivity contribution in [3.63, 3.8) is 0 Å². The van der Waals surface area contributed by atoms with Crippen LogP contribution in [0, 0.1) is 0 Å². The van der Waals surface area contributed by atoms with Gasteiger partial charge in [-0.15, -0.1) is 11.3 Å². The first-order valence-electron chi connectivity index (χ1n) is 7.18. The van der Waals surface area contributed by atoms with Crippen molar-refractivity contribution in [3.05, 3.63) is 17.5 Å². The minimum atomic E-state index is -3.67. The van der Waals surface area contributed by atoms with Crippen LogP contribution in [-0.2, 0) is 29.1 Å². The van der Waals surface area contributed by atoms with E-state index in [2.05, 4.69) is 10.6 Å². The van der Waals surface area contributed by atoms with Crippen LogP contribution in [0.4, 0.5) is 0 Å². The van der Waals surface area contributed by atoms with E-state index in [0.717, 1.165) is 11.3 Å². The molecule has 1 atom stereocenters. The van der Waals surface area contributed by atoms with E-state index >= 15 is 0 Å². The van der Waals surface area contributed by atoms with Crippen molar-refractivity contribution in [1.82, 2.24) is 14.9 Å². The van der Waals surface area contributed by atoms with Crippen molar-refractivity contribution in [2.24, 2.45) is 0 Å². The van der Waals surface area contributed by atoms with Crippen LogP contribution in [-0.4, -0.2) is 70.7 Å². The van der Waals surface area contributed by atoms with Gasteiger partial charge in [-0.1, -0.05) is 6.07 Å². The molecule has 1 aliphatic rings. The van der Waals surface area contributed by atoms with Crippen LogP contribution in [0.15, 0.2) is 21.7 Å². The zero-order chi connectivity index (χ0) is 17.6. The maximum Gasteiger partial charge on any atom is 0.309 e. The number of carbonyl (C=O) groups excluding carboxylic acids is 2. The Bertz CT molecular complexity index is 661. The third kappa shape index (κ3) is 4.51. The standard InChI is InChI=1S/C13H19N3O6S2/c1-21-6-4-14-12(17)13(18)15-9-10-16(5-7-22-10)24(19,20)11-3-2-8-23-11/h2-3,8,10H,4-7,9H2,1H3,(H,14,17)(H,15,18)/t10-/m1/s1. The number of sulfonamides is 1. The zero-order valence-electron chi connectivity index (χ0n) is 13.1. The summed E-state index contributed by atoms with van der Waals surface area (Å²) in [4.78, 5) is 23.2. The monoisotopic (exact) mass is 377 g/mol. The molecule has 9 nitrogen and oxygen atoms in total. The van der Waals surface area contributed by atoms with E-state index in [9.17, 15) is 18.0 Å². The van der Waals surface area contributed by atoms with Crippen molar-refractivity contribution >= 4 is 33.2 Å². The minimum absolute atomic E-state index is 0.110. The first-order chi connectivity index (χ1) is 11.5. The van der Waals surface area contributed by atoms with Crippen LogP contribution in [0.25, 0.3) is 0 Å². The Morgan fingerprint density at radius 3 is 2.83 bits per heavy atom. The lowest BCUT2D eigenvalue weighted by Crippen LogP contribution is -2.47. The van der Waals surface area contributed by atoms with Gasteiger partial charge in [0.25, 0.3) is 10.0 Å². The Balaban J connectivity index is 1.90. The van der Waals surface area contributed by atoms with Crippen molar-refractivity contribution in [2.75, 3.05) is 40.0 Å². The van der Waals surface area contributed by atoms with Gasteiger partial charge in [-0.25, -0.2) is 8.42 Å². The van der Waals surface area contributed by atoms with E-state index in [1.54, 1.807) is 11.4 Å². The Kier molecular flexibility index (Phi) is 6.69. The smallest absolute Gasteiger partial charge is 0.309 e. The number of thiophene rings is 1. The van der Waals surface area contributed by atoms with Gasteiger partial charge < -0.3 is 20.1 Å². The molecule has 11 heteroatoms. The highest BCUT2D eigenvalue weighted by atomic mass is 32.2. The Hall–Kier alpha value is -1.53. The molecule has 0 aromatic carbocycles. The van der Waals surface area contributed by atoms with Crippen molar-refractivity contribution in [2.45, 2.75) is 10.4 Å². The molecule has 0 bridgehead atoms. The summed E-state index contributed by atoms with van der Waals surface area (Å²) in [5, 5.41) is 6.43. The first kappa shape index (κ1) is 18.8. The number of methoxy groups -OCH3 is 1. The van der Waals surface area contributed by atoms with Gasteiger partial charge in [0, 0.05) is 20.2 Å². The molecule has 0 radical (unpaired) electrons. The molecule has 1 aromatic rings. The maximum atomic E-state index is 12.5. The fourth-order valence-corrected chi connectivity index (χ4v) is 4.70. The van der Waals surface area contributed by atoms with E-state index in [4.69, 9.17) is 9.47 Å². The lowest BCUT2D eigenvalue weighted by molar-refractivity contribution is -0.139. The quantitative estimate of drug-likeness (QED) is 0.464. The summed E-state index contributed by atoms with van der Waals surface area (Å²) in [6.45, 7) is 0.812. The molecule has 2 heterocycles. The molecule has 134 valence electrons. The number of hydrogen-bond donors (Lipinski definition) is 2. The number of nitrogens with zero attached hydrogens (tertiary/aromatic N) is 1. The molecular weight excluding hydrogens is 358 g/mol. The molecule has 1 fully saturated rings. The normalized spacial score (nSPS) is 18.5. The molecule has 1 aliphatic heterocycles. The summed E-state index contributed by atoms with van der Waals surface area (Å²) in [6.07, 6.45) is -0.840. The summed E-state index contributed by atoms with van der Waals surface area (Å²) in [7, 11) is -2.19. The van der Waals surface area contributed by atoms with Crippen molar-refractivity contribution < 1.29 is 27.5 Å². The van der Waals surface area contributed by atoms with Gasteiger partial charge in [0.15, 0.2) is 0 Å². The van der Waals surface area contributed by atoms with Gasteiger partial charge in [0.05, 0.1) is 19.8 Å². The maximum absolute atomic E-state index is 12.5. The summed E-state index contributed by atoms with van der Waals surface area (Å²) >= 11 is 1.11. The minimum Gasteiger partial charge on any atom is -0.383 e. The number of amides is 2. The van der Waals surface area contributed by atoms with E-state index < -0.39 is 28.1 Å². The number of carbonyl (C=O) groups is 2. The lowest BCUT2D eigenvalue weighted by atomic mass is 10.4. The number of nitrogens with one attached hydrogen (secondary N) is 2.